The van der Waals surface area contributed by atoms with Crippen molar-refractivity contribution in [2.24, 2.45) is 27.1 Å². The Morgan fingerprint density at radius 3 is 1.15 bits per heavy atom. The molecule has 0 N–H and O–H groups in total. The highest BCUT2D eigenvalue weighted by Gasteiger charge is 2.31. The molecule has 0 spiro atoms. The zero-order valence-corrected chi connectivity index (χ0v) is 65.3. The van der Waals surface area contributed by atoms with Gasteiger partial charge in [-0.2, -0.15) is 0 Å². The predicted octanol–water partition coefficient (Wildman–Crippen LogP) is 14.0. The Hall–Kier alpha value is -3.27. The molecule has 92 heavy (non-hydrogen) atoms. The molecule has 1 amide bonds. The molecule has 0 aromatic carbocycles. The molecule has 1 aliphatic rings. The Labute approximate surface area is 564 Å². The summed E-state index contributed by atoms with van der Waals surface area (Å²) in [4.78, 5) is 16.6. The first kappa shape index (κ1) is 86.7. The summed E-state index contributed by atoms with van der Waals surface area (Å²) in [5.74, 6) is 8.95. The third-order valence-electron chi connectivity index (χ3n) is 15.6. The lowest BCUT2D eigenvalue weighted by Gasteiger charge is -2.42. The van der Waals surface area contributed by atoms with Gasteiger partial charge in [0.25, 0.3) is 0 Å². The van der Waals surface area contributed by atoms with Crippen LogP contribution in [0.4, 0.5) is 0 Å². The number of hydrogen-bond acceptors (Lipinski definition) is 14. The van der Waals surface area contributed by atoms with Gasteiger partial charge in [-0.1, -0.05) is 152 Å². The number of amides is 1. The van der Waals surface area contributed by atoms with Crippen LogP contribution in [0.2, 0.25) is 0 Å². The number of ether oxygens (including phenoxy) is 4. The molecule has 2 unspecified atom stereocenters. The molecule has 0 radical (unpaired) electrons. The molecule has 2 atom stereocenters. The second kappa shape index (κ2) is 40.4. The first-order valence-corrected chi connectivity index (χ1v) is 38.6. The maximum Gasteiger partial charge on any atom is 0.237 e. The number of carbonyl (C=O) groups is 1. The molecule has 4 rings (SSSR count). The summed E-state index contributed by atoms with van der Waals surface area (Å²) in [6.45, 7) is 61.9. The van der Waals surface area contributed by atoms with E-state index in [-0.39, 0.29) is 25.9 Å². The van der Waals surface area contributed by atoms with Crippen LogP contribution in [0.1, 0.15) is 254 Å². The lowest BCUT2D eigenvalue weighted by Crippen LogP contribution is -2.56. The number of piperazine rings is 1. The molecule has 3 aromatic rings. The van der Waals surface area contributed by atoms with Crippen molar-refractivity contribution in [1.29, 1.82) is 0 Å². The van der Waals surface area contributed by atoms with Crippen LogP contribution in [0.25, 0.3) is 0 Å². The van der Waals surface area contributed by atoms with E-state index < -0.39 is 19.0 Å². The molecular weight excluding hydrogens is 1190 g/mol. The molecule has 0 aliphatic carbocycles. The summed E-state index contributed by atoms with van der Waals surface area (Å²) in [7, 11) is -4.25. The minimum atomic E-state index is -2.13. The van der Waals surface area contributed by atoms with Crippen LogP contribution in [0.3, 0.4) is 0 Å². The predicted molar refractivity (Wildman–Crippen MR) is 390 cm³/mol. The molecule has 20 heteroatoms. The topological polar surface area (TPSA) is 187 Å². The van der Waals surface area contributed by atoms with Crippen molar-refractivity contribution in [2.75, 3.05) is 90.5 Å². The fourth-order valence-electron chi connectivity index (χ4n) is 9.54. The highest BCUT2D eigenvalue weighted by molar-refractivity contribution is 8.01. The van der Waals surface area contributed by atoms with Gasteiger partial charge in [-0.05, 0) is 185 Å². The van der Waals surface area contributed by atoms with E-state index >= 15 is 0 Å². The minimum Gasteiger partial charge on any atom is -0.378 e. The van der Waals surface area contributed by atoms with E-state index in [1.54, 1.807) is 0 Å². The van der Waals surface area contributed by atoms with Gasteiger partial charge in [-0.25, -0.2) is 9.36 Å². The lowest BCUT2D eigenvalue weighted by atomic mass is 9.89. The van der Waals surface area contributed by atoms with E-state index in [4.69, 9.17) is 18.9 Å². The van der Waals surface area contributed by atoms with E-state index in [2.05, 4.69) is 178 Å². The average molecular weight is 1340 g/mol. The summed E-state index contributed by atoms with van der Waals surface area (Å²) >= 11 is 0. The van der Waals surface area contributed by atoms with Crippen molar-refractivity contribution in [2.45, 2.75) is 291 Å². The van der Waals surface area contributed by atoms with Crippen molar-refractivity contribution in [1.82, 2.24) is 54.8 Å². The van der Waals surface area contributed by atoms with Crippen LogP contribution < -0.4 is 0 Å². The second-order valence-corrected chi connectivity index (χ2v) is 41.1. The number of carbonyl (C=O) groups excluding carboxylic acids is 1. The van der Waals surface area contributed by atoms with Gasteiger partial charge in [0, 0.05) is 64.8 Å². The highest BCUT2D eigenvalue weighted by Crippen LogP contribution is 2.26. The Bertz CT molecular complexity index is 2550. The van der Waals surface area contributed by atoms with Gasteiger partial charge in [-0.3, -0.25) is 22.8 Å². The molecular formula is C72H141N11O7S2. The molecule has 0 bridgehead atoms. The zero-order chi connectivity index (χ0) is 70.3. The summed E-state index contributed by atoms with van der Waals surface area (Å²) in [6, 6.07) is 0. The molecule has 538 valence electrons. The summed E-state index contributed by atoms with van der Waals surface area (Å²) < 4.78 is 51.8. The normalized spacial score (nSPS) is 15.4. The summed E-state index contributed by atoms with van der Waals surface area (Å²) in [5, 5.41) is 25.1. The minimum absolute atomic E-state index is 0.0315. The smallest absolute Gasteiger partial charge is 0.237 e. The van der Waals surface area contributed by atoms with Gasteiger partial charge in [0.05, 0.1) is 89.6 Å². The second-order valence-electron chi connectivity index (χ2n) is 34.6. The molecule has 1 fully saturated rings. The van der Waals surface area contributed by atoms with Gasteiger partial charge >= 0.3 is 0 Å². The Morgan fingerprint density at radius 2 is 0.761 bits per heavy atom. The number of aryl methyl sites for hydroxylation is 2. The largest absolute Gasteiger partial charge is 0.378 e. The van der Waals surface area contributed by atoms with Crippen molar-refractivity contribution in [3.05, 3.63) is 35.7 Å². The molecule has 3 aromatic heterocycles. The van der Waals surface area contributed by atoms with Gasteiger partial charge in [0.15, 0.2) is 0 Å². The summed E-state index contributed by atoms with van der Waals surface area (Å²) in [6.07, 6.45) is 23.0. The number of aromatic nitrogens is 9. The van der Waals surface area contributed by atoms with Crippen molar-refractivity contribution in [3.63, 3.8) is 0 Å². The van der Waals surface area contributed by atoms with Gasteiger partial charge in [-0.15, -0.1) is 15.3 Å². The van der Waals surface area contributed by atoms with Crippen molar-refractivity contribution < 1.29 is 32.2 Å². The molecule has 1 saturated heterocycles. The van der Waals surface area contributed by atoms with Crippen LogP contribution in [0.15, 0.2) is 18.6 Å². The number of unbranched alkanes of at least 4 members (excludes halogenated alkanes) is 5. The van der Waals surface area contributed by atoms with Crippen molar-refractivity contribution >= 4 is 36.7 Å². The van der Waals surface area contributed by atoms with Crippen LogP contribution in [0, 0.1) is 27.1 Å². The average Bonchev–Trinajstić information content (AvgIpc) is 1.37. The Morgan fingerprint density at radius 1 is 0.413 bits per heavy atom. The molecule has 4 heterocycles. The number of hydrogen-bond donors (Lipinski definition) is 0. The fraction of sp³-hybridized carbons (Fsp3) is 0.875. The van der Waals surface area contributed by atoms with E-state index in [0.29, 0.717) is 106 Å². The molecule has 0 saturated carbocycles. The van der Waals surface area contributed by atoms with Gasteiger partial charge < -0.3 is 23.8 Å². The van der Waals surface area contributed by atoms with Crippen LogP contribution in [0.5, 0.6) is 0 Å². The SMILES string of the molecule is C=S(=O)(CCOCCOCCn1cc(CC(C)(C)C)nn1)C(C)(C)C.C=S(=O)(CCOCCOCCn1cc(CC(C)(C)C)nn1)C(C)(C)C.CC(C)(C)CCCCCCCN1CCN(C(C)(C)C)C(=O)C1.CC(C)(C)CCCCn1cc(CCCC(C)(C)C)nn1. The van der Waals surface area contributed by atoms with Gasteiger partial charge in [0.2, 0.25) is 5.91 Å². The molecule has 18 nitrogen and oxygen atoms in total. The van der Waals surface area contributed by atoms with E-state index in [0.717, 1.165) is 62.5 Å². The monoisotopic (exact) mass is 1340 g/mol. The third kappa shape index (κ3) is 43.7. The maximum atomic E-state index is 12.4. The van der Waals surface area contributed by atoms with Crippen LogP contribution in [-0.4, -0.2) is 186 Å². The first-order valence-electron chi connectivity index (χ1n) is 34.8. The van der Waals surface area contributed by atoms with Gasteiger partial charge in [0.1, 0.15) is 0 Å². The molecule has 1 aliphatic heterocycles. The van der Waals surface area contributed by atoms with Crippen LogP contribution in [-0.2, 0) is 81.7 Å². The zero-order valence-electron chi connectivity index (χ0n) is 63.7. The fourth-order valence-corrected chi connectivity index (χ4v) is 11.5. The Kier molecular flexibility index (Phi) is 38.1. The first-order chi connectivity index (χ1) is 42.1. The van der Waals surface area contributed by atoms with E-state index in [1.807, 2.05) is 72.9 Å². The standard InChI is InChI=1S/C19H38N2O.2C18H35N3O3S.C17H33N3/c1-18(2,3)12-10-8-7-9-11-13-20-14-15-21(17(22)16-20)19(4,5)6;2*1-17(2,3)14-16-15-21(20-19-16)8-9-23-10-11-24-12-13-25(7,22)18(4,5)6;1-16(2,3)11-7-8-13-20-14-15(18-19-20)10-9-12-17(4,5)6/h7-16H2,1-6H3;2*15H,7-14H2,1-6H3;14H,7-13H2,1-6H3. The van der Waals surface area contributed by atoms with Crippen LogP contribution >= 0.6 is 0 Å². The lowest BCUT2D eigenvalue weighted by molar-refractivity contribution is -0.141. The van der Waals surface area contributed by atoms with Crippen molar-refractivity contribution in [3.8, 4) is 0 Å². The highest BCUT2D eigenvalue weighted by atomic mass is 32.2. The number of nitrogens with zero attached hydrogens (tertiary/aromatic N) is 11. The number of rotatable bonds is 34. The maximum absolute atomic E-state index is 12.4. The third-order valence-corrected chi connectivity index (χ3v) is 21.8. The summed E-state index contributed by atoms with van der Waals surface area (Å²) in [5.41, 5.74) is 4.88. The quantitative estimate of drug-likeness (QED) is 0.0406. The van der Waals surface area contributed by atoms with E-state index in [9.17, 15) is 13.2 Å². The van der Waals surface area contributed by atoms with E-state index in [1.165, 1.54) is 70.6 Å². The Balaban J connectivity index is 0.000000616.